The first-order valence-electron chi connectivity index (χ1n) is 9.39. The Morgan fingerprint density at radius 2 is 1.58 bits per heavy atom. The Morgan fingerprint density at radius 1 is 1.04 bits per heavy atom. The number of nitrogens with one attached hydrogen (secondary N) is 1. The summed E-state index contributed by atoms with van der Waals surface area (Å²) in [6.45, 7) is 0. The number of hydrogen-bond donors (Lipinski definition) is 3. The summed E-state index contributed by atoms with van der Waals surface area (Å²) in [7, 11) is 0. The highest BCUT2D eigenvalue weighted by atomic mass is 16.6. The summed E-state index contributed by atoms with van der Waals surface area (Å²) in [6, 6.07) is 7.59. The lowest BCUT2D eigenvalue weighted by Gasteiger charge is -2.55. The van der Waals surface area contributed by atoms with E-state index < -0.39 is 29.8 Å². The molecule has 0 spiro atoms. The lowest BCUT2D eigenvalue weighted by Crippen LogP contribution is -2.54. The first kappa shape index (κ1) is 17.3. The van der Waals surface area contributed by atoms with Crippen LogP contribution in [0.2, 0.25) is 0 Å². The summed E-state index contributed by atoms with van der Waals surface area (Å²) in [5.74, 6) is 0.546. The fraction of sp³-hybridized carbons (Fsp3) is 0.600. The molecule has 4 aliphatic rings. The molecule has 26 heavy (non-hydrogen) atoms. The van der Waals surface area contributed by atoms with E-state index >= 15 is 0 Å². The highest BCUT2D eigenvalue weighted by Crippen LogP contribution is 2.57. The predicted molar refractivity (Wildman–Crippen MR) is 93.3 cm³/mol. The maximum atomic E-state index is 12.6. The molecule has 4 fully saturated rings. The molecule has 4 saturated carbocycles. The van der Waals surface area contributed by atoms with Crippen LogP contribution in [0.4, 0.5) is 4.79 Å². The van der Waals surface area contributed by atoms with Crippen LogP contribution in [0.1, 0.15) is 50.1 Å². The number of carbonyl (C=O) groups is 2. The van der Waals surface area contributed by atoms with Gasteiger partial charge in [0.1, 0.15) is 5.60 Å². The second kappa shape index (κ2) is 6.58. The molecule has 6 nitrogen and oxygen atoms in total. The molecule has 1 unspecified atom stereocenters. The van der Waals surface area contributed by atoms with E-state index in [1.165, 1.54) is 19.3 Å². The van der Waals surface area contributed by atoms with Gasteiger partial charge in [-0.15, -0.1) is 0 Å². The van der Waals surface area contributed by atoms with Crippen LogP contribution in [0.15, 0.2) is 30.3 Å². The average molecular weight is 359 g/mol. The molecular formula is C20H25NO5. The Labute approximate surface area is 152 Å². The van der Waals surface area contributed by atoms with E-state index in [9.17, 15) is 19.8 Å². The molecule has 0 radical (unpaired) electrons. The molecule has 0 heterocycles. The van der Waals surface area contributed by atoms with Crippen LogP contribution in [-0.4, -0.2) is 34.0 Å². The minimum atomic E-state index is -1.73. The Kier molecular flexibility index (Phi) is 4.39. The van der Waals surface area contributed by atoms with E-state index in [2.05, 4.69) is 5.32 Å². The van der Waals surface area contributed by atoms with Gasteiger partial charge < -0.3 is 20.3 Å². The number of benzene rings is 1. The van der Waals surface area contributed by atoms with E-state index in [0.29, 0.717) is 23.3 Å². The van der Waals surface area contributed by atoms with Gasteiger partial charge in [0.25, 0.3) is 0 Å². The zero-order valence-electron chi connectivity index (χ0n) is 14.6. The van der Waals surface area contributed by atoms with Gasteiger partial charge in [-0.3, -0.25) is 0 Å². The van der Waals surface area contributed by atoms with Gasteiger partial charge in [0.05, 0.1) is 6.04 Å². The van der Waals surface area contributed by atoms with Gasteiger partial charge in [-0.1, -0.05) is 30.3 Å². The third kappa shape index (κ3) is 3.30. The van der Waals surface area contributed by atoms with Crippen LogP contribution in [0.25, 0.3) is 0 Å². The van der Waals surface area contributed by atoms with Gasteiger partial charge in [0, 0.05) is 0 Å². The van der Waals surface area contributed by atoms with Crippen LogP contribution in [-0.2, 0) is 9.53 Å². The summed E-state index contributed by atoms with van der Waals surface area (Å²) in [4.78, 5) is 23.9. The van der Waals surface area contributed by atoms with Crippen molar-refractivity contribution in [1.82, 2.24) is 5.32 Å². The first-order chi connectivity index (χ1) is 12.4. The van der Waals surface area contributed by atoms with Crippen molar-refractivity contribution < 1.29 is 24.5 Å². The number of aliphatic hydroxyl groups is 1. The molecule has 4 aliphatic carbocycles. The number of alkyl carbamates (subject to hydrolysis) is 1. The molecule has 140 valence electrons. The summed E-state index contributed by atoms with van der Waals surface area (Å²) < 4.78 is 5.88. The van der Waals surface area contributed by atoms with Crippen molar-refractivity contribution in [1.29, 1.82) is 0 Å². The number of hydrogen-bond acceptors (Lipinski definition) is 4. The van der Waals surface area contributed by atoms with Crippen LogP contribution in [0.5, 0.6) is 0 Å². The quantitative estimate of drug-likeness (QED) is 0.751. The summed E-state index contributed by atoms with van der Waals surface area (Å²) in [6.07, 6.45) is 4.08. The molecule has 0 aromatic heterocycles. The number of ether oxygens (including phenoxy) is 1. The zero-order valence-corrected chi connectivity index (χ0v) is 14.6. The Morgan fingerprint density at radius 3 is 2.08 bits per heavy atom. The predicted octanol–water partition coefficient (Wildman–Crippen LogP) is 2.87. The SMILES string of the molecule is O=C(NC(c1ccccc1)[C@@H](O)C(=O)O)OC12CC3CC(CC(C3)C1)C2. The molecular weight excluding hydrogens is 334 g/mol. The van der Waals surface area contributed by atoms with Crippen molar-refractivity contribution in [2.75, 3.05) is 0 Å². The molecule has 4 bridgehead atoms. The van der Waals surface area contributed by atoms with Gasteiger partial charge in [-0.2, -0.15) is 0 Å². The molecule has 2 atom stereocenters. The van der Waals surface area contributed by atoms with Gasteiger partial charge in [-0.05, 0) is 61.8 Å². The van der Waals surface area contributed by atoms with Crippen LogP contribution in [0.3, 0.4) is 0 Å². The maximum absolute atomic E-state index is 12.6. The van der Waals surface area contributed by atoms with Gasteiger partial charge >= 0.3 is 12.1 Å². The number of aliphatic hydroxyl groups excluding tert-OH is 1. The van der Waals surface area contributed by atoms with Crippen molar-refractivity contribution in [2.24, 2.45) is 17.8 Å². The first-order valence-corrected chi connectivity index (χ1v) is 9.39. The van der Waals surface area contributed by atoms with E-state index in [0.717, 1.165) is 19.3 Å². The Balaban J connectivity index is 1.48. The fourth-order valence-electron chi connectivity index (χ4n) is 5.66. The molecule has 1 aromatic carbocycles. The second-order valence-corrected chi connectivity index (χ2v) is 8.31. The fourth-order valence-corrected chi connectivity index (χ4v) is 5.66. The van der Waals surface area contributed by atoms with Crippen molar-refractivity contribution in [3.05, 3.63) is 35.9 Å². The number of carboxylic acid groups (broad SMARTS) is 1. The van der Waals surface area contributed by atoms with Gasteiger partial charge in [0.2, 0.25) is 0 Å². The lowest BCUT2D eigenvalue weighted by molar-refractivity contribution is -0.148. The van der Waals surface area contributed by atoms with Gasteiger partial charge in [0.15, 0.2) is 6.10 Å². The number of amides is 1. The molecule has 0 saturated heterocycles. The highest BCUT2D eigenvalue weighted by molar-refractivity contribution is 5.76. The summed E-state index contributed by atoms with van der Waals surface area (Å²) in [5, 5.41) is 21.8. The topological polar surface area (TPSA) is 95.9 Å². The second-order valence-electron chi connectivity index (χ2n) is 8.31. The zero-order chi connectivity index (χ0) is 18.3. The van der Waals surface area contributed by atoms with E-state index in [1.807, 2.05) is 0 Å². The van der Waals surface area contributed by atoms with Crippen LogP contribution in [0, 0.1) is 17.8 Å². The third-order valence-electron chi connectivity index (χ3n) is 6.29. The molecule has 0 aliphatic heterocycles. The Bertz CT molecular complexity index is 653. The van der Waals surface area contributed by atoms with Crippen molar-refractivity contribution in [3.8, 4) is 0 Å². The molecule has 1 amide bonds. The smallest absolute Gasteiger partial charge is 0.408 e. The van der Waals surface area contributed by atoms with E-state index in [1.54, 1.807) is 30.3 Å². The molecule has 3 N–H and O–H groups in total. The molecule has 5 rings (SSSR count). The lowest BCUT2D eigenvalue weighted by atomic mass is 9.54. The van der Waals surface area contributed by atoms with Gasteiger partial charge in [-0.25, -0.2) is 9.59 Å². The normalized spacial score (nSPS) is 34.1. The average Bonchev–Trinajstić information content (AvgIpc) is 2.58. The van der Waals surface area contributed by atoms with E-state index in [4.69, 9.17) is 4.74 Å². The van der Waals surface area contributed by atoms with Crippen molar-refractivity contribution in [3.63, 3.8) is 0 Å². The number of aliphatic carboxylic acids is 1. The number of carboxylic acids is 1. The monoisotopic (exact) mass is 359 g/mol. The number of rotatable bonds is 5. The third-order valence-corrected chi connectivity index (χ3v) is 6.29. The molecule has 1 aromatic rings. The largest absolute Gasteiger partial charge is 0.479 e. The van der Waals surface area contributed by atoms with Crippen LogP contribution >= 0.6 is 0 Å². The van der Waals surface area contributed by atoms with E-state index in [-0.39, 0.29) is 0 Å². The van der Waals surface area contributed by atoms with Crippen molar-refractivity contribution >= 4 is 12.1 Å². The minimum Gasteiger partial charge on any atom is -0.479 e. The Hall–Kier alpha value is -2.08. The maximum Gasteiger partial charge on any atom is 0.408 e. The minimum absolute atomic E-state index is 0.408. The standard InChI is InChI=1S/C20H25NO5/c22-17(18(23)24)16(15-4-2-1-3-5-15)21-19(25)26-20-9-12-6-13(10-20)8-14(7-12)11-20/h1-5,12-14,16-17,22H,6-11H2,(H,21,25)(H,23,24)/t12?,13?,14?,16?,17-,20?/m1/s1. The summed E-state index contributed by atoms with van der Waals surface area (Å²) in [5.41, 5.74) is 0.124. The number of carbonyl (C=O) groups excluding carboxylic acids is 1. The molecule has 6 heteroatoms. The summed E-state index contributed by atoms with van der Waals surface area (Å²) >= 11 is 0. The highest BCUT2D eigenvalue weighted by Gasteiger charge is 2.53. The van der Waals surface area contributed by atoms with Crippen molar-refractivity contribution in [2.45, 2.75) is 56.3 Å². The van der Waals surface area contributed by atoms with Crippen LogP contribution < -0.4 is 5.32 Å².